The molecule has 1 aromatic rings. The van der Waals surface area contributed by atoms with E-state index in [9.17, 15) is 9.90 Å². The predicted octanol–water partition coefficient (Wildman–Crippen LogP) is 1.95. The third kappa shape index (κ3) is 2.67. The summed E-state index contributed by atoms with van der Waals surface area (Å²) in [5.74, 6) is -0.462. The van der Waals surface area contributed by atoms with E-state index in [1.54, 1.807) is 13.8 Å². The zero-order valence-electron chi connectivity index (χ0n) is 8.00. The molecular weight excluding hydrogens is 226 g/mol. The van der Waals surface area contributed by atoms with Gasteiger partial charge in [0.2, 0.25) is 5.06 Å². The van der Waals surface area contributed by atoms with Gasteiger partial charge in [-0.05, 0) is 13.8 Å². The predicted molar refractivity (Wildman–Crippen MR) is 53.7 cm³/mol. The molecule has 0 radical (unpaired) electrons. The monoisotopic (exact) mass is 235 g/mol. The van der Waals surface area contributed by atoms with Crippen molar-refractivity contribution in [2.24, 2.45) is 0 Å². The summed E-state index contributed by atoms with van der Waals surface area (Å²) >= 11 is 6.68. The molecule has 0 aliphatic rings. The Morgan fingerprint density at radius 1 is 1.64 bits per heavy atom. The van der Waals surface area contributed by atoms with Gasteiger partial charge >= 0.3 is 5.97 Å². The summed E-state index contributed by atoms with van der Waals surface area (Å²) in [4.78, 5) is 14.6. The third-order valence-electron chi connectivity index (χ3n) is 1.39. The second-order valence-corrected chi connectivity index (χ2v) is 4.80. The number of hydrogen-bond donors (Lipinski definition) is 1. The van der Waals surface area contributed by atoms with E-state index >= 15 is 0 Å². The number of carbonyl (C=O) groups excluding carboxylic acids is 1. The number of aliphatic hydroxyl groups is 1. The van der Waals surface area contributed by atoms with Gasteiger partial charge in [-0.1, -0.05) is 22.9 Å². The molecule has 0 unspecified atom stereocenters. The van der Waals surface area contributed by atoms with Gasteiger partial charge in [0, 0.05) is 6.92 Å². The van der Waals surface area contributed by atoms with Crippen LogP contribution in [0.4, 0.5) is 0 Å². The first kappa shape index (κ1) is 11.4. The van der Waals surface area contributed by atoms with Gasteiger partial charge < -0.3 is 9.84 Å². The molecule has 6 heteroatoms. The van der Waals surface area contributed by atoms with Crippen molar-refractivity contribution in [1.82, 2.24) is 4.98 Å². The van der Waals surface area contributed by atoms with Gasteiger partial charge in [-0.15, -0.1) is 0 Å². The van der Waals surface area contributed by atoms with Crippen molar-refractivity contribution in [2.75, 3.05) is 0 Å². The summed E-state index contributed by atoms with van der Waals surface area (Å²) in [6.45, 7) is 4.37. The minimum absolute atomic E-state index is 0.235. The summed E-state index contributed by atoms with van der Waals surface area (Å²) < 4.78 is 5.10. The van der Waals surface area contributed by atoms with Crippen molar-refractivity contribution in [3.05, 3.63) is 10.2 Å². The maximum atomic E-state index is 10.7. The average Bonchev–Trinajstić information content (AvgIpc) is 2.28. The number of carbonyl (C=O) groups is 1. The lowest BCUT2D eigenvalue weighted by Crippen LogP contribution is -2.18. The number of esters is 1. The molecule has 1 heterocycles. The van der Waals surface area contributed by atoms with Crippen LogP contribution in [-0.4, -0.2) is 16.1 Å². The van der Waals surface area contributed by atoms with Crippen molar-refractivity contribution in [3.8, 4) is 5.06 Å². The van der Waals surface area contributed by atoms with E-state index in [1.807, 2.05) is 0 Å². The Hall–Kier alpha value is -0.650. The van der Waals surface area contributed by atoms with Crippen LogP contribution in [0.1, 0.15) is 26.5 Å². The standard InChI is InChI=1S/C8H10ClNO3S/c1-4(11)13-6-5(8(2,3)12)10-7(9)14-6/h12H,1-3H3. The molecule has 0 spiro atoms. The molecule has 0 saturated heterocycles. The van der Waals surface area contributed by atoms with Gasteiger partial charge in [-0.3, -0.25) is 4.79 Å². The largest absolute Gasteiger partial charge is 0.413 e. The Morgan fingerprint density at radius 3 is 2.64 bits per heavy atom. The maximum absolute atomic E-state index is 10.7. The minimum Gasteiger partial charge on any atom is -0.413 e. The lowest BCUT2D eigenvalue weighted by atomic mass is 10.1. The van der Waals surface area contributed by atoms with Gasteiger partial charge in [0.25, 0.3) is 0 Å². The molecule has 0 saturated carbocycles. The molecule has 0 aliphatic carbocycles. The molecule has 4 nitrogen and oxygen atoms in total. The van der Waals surface area contributed by atoms with Crippen LogP contribution >= 0.6 is 22.9 Å². The number of ether oxygens (including phenoxy) is 1. The van der Waals surface area contributed by atoms with Crippen molar-refractivity contribution >= 4 is 28.9 Å². The van der Waals surface area contributed by atoms with Crippen molar-refractivity contribution in [1.29, 1.82) is 0 Å². The molecule has 78 valence electrons. The number of hydrogen-bond acceptors (Lipinski definition) is 5. The number of nitrogens with zero attached hydrogens (tertiary/aromatic N) is 1. The normalized spacial score (nSPS) is 11.5. The van der Waals surface area contributed by atoms with Crippen LogP contribution in [0.15, 0.2) is 0 Å². The number of aromatic nitrogens is 1. The third-order valence-corrected chi connectivity index (χ3v) is 2.42. The highest BCUT2D eigenvalue weighted by Crippen LogP contribution is 2.36. The molecule has 0 fully saturated rings. The van der Waals surface area contributed by atoms with Gasteiger partial charge in [0.05, 0.1) is 0 Å². The van der Waals surface area contributed by atoms with Gasteiger partial charge in [0.15, 0.2) is 4.47 Å². The van der Waals surface area contributed by atoms with E-state index in [-0.39, 0.29) is 15.2 Å². The summed E-state index contributed by atoms with van der Waals surface area (Å²) in [5, 5.41) is 9.94. The van der Waals surface area contributed by atoms with E-state index in [2.05, 4.69) is 4.98 Å². The smallest absolute Gasteiger partial charge is 0.308 e. The maximum Gasteiger partial charge on any atom is 0.308 e. The van der Waals surface area contributed by atoms with Crippen LogP contribution < -0.4 is 4.74 Å². The summed E-state index contributed by atoms with van der Waals surface area (Å²) in [6, 6.07) is 0. The molecule has 0 atom stereocenters. The SMILES string of the molecule is CC(=O)Oc1sc(Cl)nc1C(C)(C)O. The Labute approximate surface area is 90.5 Å². The van der Waals surface area contributed by atoms with E-state index in [0.717, 1.165) is 11.3 Å². The first-order valence-electron chi connectivity index (χ1n) is 3.88. The Morgan fingerprint density at radius 2 is 2.21 bits per heavy atom. The molecule has 0 aromatic carbocycles. The quantitative estimate of drug-likeness (QED) is 0.796. The lowest BCUT2D eigenvalue weighted by molar-refractivity contribution is -0.131. The summed E-state index contributed by atoms with van der Waals surface area (Å²) in [5.41, 5.74) is -0.892. The zero-order valence-corrected chi connectivity index (χ0v) is 9.57. The second kappa shape index (κ2) is 3.84. The van der Waals surface area contributed by atoms with E-state index in [1.165, 1.54) is 6.92 Å². The fourth-order valence-corrected chi connectivity index (χ4v) is 2.00. The van der Waals surface area contributed by atoms with Crippen LogP contribution in [0.2, 0.25) is 4.47 Å². The van der Waals surface area contributed by atoms with Crippen LogP contribution in [-0.2, 0) is 10.4 Å². The minimum atomic E-state index is -1.17. The van der Waals surface area contributed by atoms with Crippen LogP contribution in [0.5, 0.6) is 5.06 Å². The van der Waals surface area contributed by atoms with Crippen molar-refractivity contribution < 1.29 is 14.6 Å². The highest BCUT2D eigenvalue weighted by molar-refractivity contribution is 7.17. The molecule has 0 amide bonds. The topological polar surface area (TPSA) is 59.4 Å². The van der Waals surface area contributed by atoms with Crippen molar-refractivity contribution in [2.45, 2.75) is 26.4 Å². The van der Waals surface area contributed by atoms with Crippen molar-refractivity contribution in [3.63, 3.8) is 0 Å². The first-order chi connectivity index (χ1) is 6.30. The highest BCUT2D eigenvalue weighted by Gasteiger charge is 2.26. The summed E-state index contributed by atoms with van der Waals surface area (Å²) in [7, 11) is 0. The first-order valence-corrected chi connectivity index (χ1v) is 5.07. The van der Waals surface area contributed by atoms with Crippen LogP contribution in [0.3, 0.4) is 0 Å². The molecule has 1 aromatic heterocycles. The Kier molecular flexibility index (Phi) is 3.14. The fraction of sp³-hybridized carbons (Fsp3) is 0.500. The zero-order chi connectivity index (χ0) is 10.9. The van der Waals surface area contributed by atoms with Gasteiger partial charge in [-0.25, -0.2) is 4.98 Å². The number of thiazole rings is 1. The van der Waals surface area contributed by atoms with E-state index in [0.29, 0.717) is 0 Å². The molecular formula is C8H10ClNO3S. The lowest BCUT2D eigenvalue weighted by Gasteiger charge is -2.15. The van der Waals surface area contributed by atoms with Crippen LogP contribution in [0, 0.1) is 0 Å². The summed E-state index contributed by atoms with van der Waals surface area (Å²) in [6.07, 6.45) is 0. The molecule has 1 N–H and O–H groups in total. The van der Waals surface area contributed by atoms with E-state index in [4.69, 9.17) is 16.3 Å². The number of halogens is 1. The second-order valence-electron chi connectivity index (χ2n) is 3.26. The highest BCUT2D eigenvalue weighted by atomic mass is 35.5. The Balaban J connectivity index is 3.09. The number of rotatable bonds is 2. The molecule has 14 heavy (non-hydrogen) atoms. The Bertz CT molecular complexity index is 356. The fourth-order valence-electron chi connectivity index (χ4n) is 0.867. The average molecular weight is 236 g/mol. The van der Waals surface area contributed by atoms with E-state index < -0.39 is 11.6 Å². The molecule has 1 rings (SSSR count). The van der Waals surface area contributed by atoms with Crippen LogP contribution in [0.25, 0.3) is 0 Å². The molecule has 0 aliphatic heterocycles. The molecule has 0 bridgehead atoms. The van der Waals surface area contributed by atoms with Gasteiger partial charge in [0.1, 0.15) is 11.3 Å². The van der Waals surface area contributed by atoms with Gasteiger partial charge in [-0.2, -0.15) is 0 Å².